The molecule has 2 nitrogen and oxygen atoms in total. The smallest absolute Gasteiger partial charge is 0.159 e. The molecule has 74 valence electrons. The molecular formula is C13H10O2. The molecule has 0 aromatic heterocycles. The Bertz CT molecular complexity index is 483. The molecule has 1 heterocycles. The van der Waals surface area contributed by atoms with Gasteiger partial charge in [0.25, 0.3) is 0 Å². The Hall–Kier alpha value is -1.83. The summed E-state index contributed by atoms with van der Waals surface area (Å²) in [5.74, 6) is 1.28. The summed E-state index contributed by atoms with van der Waals surface area (Å²) < 4.78 is 5.49. The summed E-state index contributed by atoms with van der Waals surface area (Å²) in [4.78, 5) is 11.2. The average molecular weight is 198 g/mol. The first-order chi connectivity index (χ1) is 7.34. The molecule has 15 heavy (non-hydrogen) atoms. The van der Waals surface area contributed by atoms with Gasteiger partial charge in [0, 0.05) is 17.9 Å². The van der Waals surface area contributed by atoms with Crippen LogP contribution < -0.4 is 4.74 Å². The lowest BCUT2D eigenvalue weighted by Crippen LogP contribution is -2.15. The summed E-state index contributed by atoms with van der Waals surface area (Å²) in [5.41, 5.74) is 2.21. The van der Waals surface area contributed by atoms with Crippen molar-refractivity contribution in [2.45, 2.75) is 12.3 Å². The number of ketones is 1. The predicted molar refractivity (Wildman–Crippen MR) is 56.7 cm³/mol. The van der Waals surface area contributed by atoms with Crippen molar-refractivity contribution in [3.8, 4) is 5.75 Å². The van der Waals surface area contributed by atoms with E-state index < -0.39 is 0 Å². The minimum absolute atomic E-state index is 0.153. The zero-order valence-corrected chi connectivity index (χ0v) is 8.14. The van der Waals surface area contributed by atoms with Crippen LogP contribution in [0.15, 0.2) is 48.3 Å². The number of allylic oxidation sites excluding steroid dienone is 3. The second-order valence-electron chi connectivity index (χ2n) is 3.83. The van der Waals surface area contributed by atoms with Crippen molar-refractivity contribution < 1.29 is 9.53 Å². The zero-order valence-electron chi connectivity index (χ0n) is 8.14. The third kappa shape index (κ3) is 1.30. The average Bonchev–Trinajstić information content (AvgIpc) is 2.28. The second-order valence-corrected chi connectivity index (χ2v) is 3.83. The van der Waals surface area contributed by atoms with E-state index in [1.165, 1.54) is 0 Å². The van der Waals surface area contributed by atoms with E-state index in [2.05, 4.69) is 0 Å². The van der Waals surface area contributed by atoms with Gasteiger partial charge < -0.3 is 4.74 Å². The fourth-order valence-corrected chi connectivity index (χ4v) is 2.10. The first kappa shape index (κ1) is 8.48. The number of carbonyl (C=O) groups excluding carboxylic acids is 1. The van der Waals surface area contributed by atoms with Gasteiger partial charge in [0.05, 0.1) is 6.26 Å². The van der Waals surface area contributed by atoms with Crippen molar-refractivity contribution in [3.63, 3.8) is 0 Å². The second kappa shape index (κ2) is 3.09. The summed E-state index contributed by atoms with van der Waals surface area (Å²) in [6.07, 6.45) is 5.83. The quantitative estimate of drug-likeness (QED) is 0.640. The van der Waals surface area contributed by atoms with E-state index in [0.717, 1.165) is 16.9 Å². The molecule has 0 saturated heterocycles. The number of ether oxygens (including phenoxy) is 1. The van der Waals surface area contributed by atoms with E-state index in [4.69, 9.17) is 4.74 Å². The Morgan fingerprint density at radius 3 is 3.07 bits per heavy atom. The number of carbonyl (C=O) groups is 1. The maximum atomic E-state index is 11.2. The van der Waals surface area contributed by atoms with Crippen molar-refractivity contribution in [1.29, 1.82) is 0 Å². The van der Waals surface area contributed by atoms with Gasteiger partial charge in [-0.2, -0.15) is 0 Å². The Kier molecular flexibility index (Phi) is 1.75. The maximum Gasteiger partial charge on any atom is 0.159 e. The van der Waals surface area contributed by atoms with Crippen molar-refractivity contribution in [2.24, 2.45) is 0 Å². The van der Waals surface area contributed by atoms with Gasteiger partial charge in [-0.05, 0) is 17.7 Å². The van der Waals surface area contributed by atoms with Crippen LogP contribution in [0.1, 0.15) is 17.9 Å². The van der Waals surface area contributed by atoms with Crippen LogP contribution in [0, 0.1) is 0 Å². The van der Waals surface area contributed by atoms with Gasteiger partial charge in [-0.3, -0.25) is 4.79 Å². The number of hydrogen-bond acceptors (Lipinski definition) is 2. The van der Waals surface area contributed by atoms with Gasteiger partial charge in [0.2, 0.25) is 0 Å². The van der Waals surface area contributed by atoms with Gasteiger partial charge in [-0.1, -0.05) is 24.3 Å². The molecule has 0 N–H and O–H groups in total. The SMILES string of the molecule is O=C1C=CC2C(=COc3ccccc32)C1. The standard InChI is InChI=1S/C13H10O2/c14-10-5-6-11-9(7-10)8-15-13-4-2-1-3-12(11)13/h1-6,8,11H,7H2. The molecule has 3 rings (SSSR count). The van der Waals surface area contributed by atoms with E-state index in [1.54, 1.807) is 12.3 Å². The first-order valence-electron chi connectivity index (χ1n) is 5.00. The largest absolute Gasteiger partial charge is 0.465 e. The molecule has 2 aliphatic rings. The highest BCUT2D eigenvalue weighted by atomic mass is 16.5. The molecule has 1 unspecified atom stereocenters. The Morgan fingerprint density at radius 2 is 2.13 bits per heavy atom. The lowest BCUT2D eigenvalue weighted by atomic mass is 9.83. The van der Waals surface area contributed by atoms with E-state index in [0.29, 0.717) is 6.42 Å². The van der Waals surface area contributed by atoms with Crippen molar-refractivity contribution in [3.05, 3.63) is 53.8 Å². The van der Waals surface area contributed by atoms with Crippen LogP contribution in [-0.4, -0.2) is 5.78 Å². The van der Waals surface area contributed by atoms with Crippen LogP contribution in [0.4, 0.5) is 0 Å². The third-order valence-corrected chi connectivity index (χ3v) is 2.84. The fourth-order valence-electron chi connectivity index (χ4n) is 2.10. The monoisotopic (exact) mass is 198 g/mol. The summed E-state index contributed by atoms with van der Waals surface area (Å²) >= 11 is 0. The van der Waals surface area contributed by atoms with Crippen molar-refractivity contribution >= 4 is 5.78 Å². The number of benzene rings is 1. The van der Waals surface area contributed by atoms with Gasteiger partial charge in [-0.25, -0.2) is 0 Å². The molecule has 1 aromatic carbocycles. The fraction of sp³-hybridized carbons (Fsp3) is 0.154. The Labute approximate surface area is 87.9 Å². The number of para-hydroxylation sites is 1. The first-order valence-corrected chi connectivity index (χ1v) is 5.00. The van der Waals surface area contributed by atoms with Crippen LogP contribution >= 0.6 is 0 Å². The summed E-state index contributed by atoms with van der Waals surface area (Å²) in [6.45, 7) is 0. The van der Waals surface area contributed by atoms with E-state index in [1.807, 2.05) is 30.3 Å². The van der Waals surface area contributed by atoms with Crippen LogP contribution in [0.3, 0.4) is 0 Å². The van der Waals surface area contributed by atoms with Crippen LogP contribution in [0.25, 0.3) is 0 Å². The summed E-state index contributed by atoms with van der Waals surface area (Å²) in [5, 5.41) is 0. The highest BCUT2D eigenvalue weighted by molar-refractivity contribution is 5.93. The van der Waals surface area contributed by atoms with Crippen molar-refractivity contribution in [1.82, 2.24) is 0 Å². The minimum atomic E-state index is 0.153. The van der Waals surface area contributed by atoms with E-state index in [-0.39, 0.29) is 11.7 Å². The topological polar surface area (TPSA) is 26.3 Å². The number of hydrogen-bond donors (Lipinski definition) is 0. The Morgan fingerprint density at radius 1 is 1.27 bits per heavy atom. The maximum absolute atomic E-state index is 11.2. The van der Waals surface area contributed by atoms with Crippen molar-refractivity contribution in [2.75, 3.05) is 0 Å². The molecule has 0 amide bonds. The molecule has 0 bridgehead atoms. The zero-order chi connectivity index (χ0) is 10.3. The van der Waals surface area contributed by atoms with Gasteiger partial charge >= 0.3 is 0 Å². The van der Waals surface area contributed by atoms with Gasteiger partial charge in [-0.15, -0.1) is 0 Å². The molecule has 1 aliphatic heterocycles. The lowest BCUT2D eigenvalue weighted by Gasteiger charge is -2.26. The minimum Gasteiger partial charge on any atom is -0.465 e. The number of fused-ring (bicyclic) bond motifs is 3. The van der Waals surface area contributed by atoms with Crippen LogP contribution in [0.5, 0.6) is 5.75 Å². The third-order valence-electron chi connectivity index (χ3n) is 2.84. The molecule has 1 atom stereocenters. The molecular weight excluding hydrogens is 188 g/mol. The molecule has 2 heteroatoms. The lowest BCUT2D eigenvalue weighted by molar-refractivity contribution is -0.114. The molecule has 0 saturated carbocycles. The molecule has 0 radical (unpaired) electrons. The van der Waals surface area contributed by atoms with Gasteiger partial charge in [0.1, 0.15) is 5.75 Å². The molecule has 1 aliphatic carbocycles. The number of rotatable bonds is 0. The van der Waals surface area contributed by atoms with Crippen LogP contribution in [0.2, 0.25) is 0 Å². The highest BCUT2D eigenvalue weighted by Gasteiger charge is 2.26. The van der Waals surface area contributed by atoms with E-state index >= 15 is 0 Å². The molecule has 1 aromatic rings. The van der Waals surface area contributed by atoms with Gasteiger partial charge in [0.15, 0.2) is 5.78 Å². The molecule has 0 fully saturated rings. The highest BCUT2D eigenvalue weighted by Crippen LogP contribution is 2.40. The molecule has 0 spiro atoms. The predicted octanol–water partition coefficient (Wildman–Crippen LogP) is 2.58. The Balaban J connectivity index is 2.12. The summed E-state index contributed by atoms with van der Waals surface area (Å²) in [6, 6.07) is 7.95. The van der Waals surface area contributed by atoms with Crippen LogP contribution in [-0.2, 0) is 4.79 Å². The van der Waals surface area contributed by atoms with E-state index in [9.17, 15) is 4.79 Å². The normalized spacial score (nSPS) is 22.5. The summed E-state index contributed by atoms with van der Waals surface area (Å²) in [7, 11) is 0.